The number of benzene rings is 2. The minimum absolute atomic E-state index is 0.135. The molecule has 1 saturated carbocycles. The number of aromatic nitrogens is 2. The number of methoxy groups -OCH3 is 1. The number of rotatable bonds is 6. The van der Waals surface area contributed by atoms with E-state index in [1.807, 2.05) is 30.3 Å². The topological polar surface area (TPSA) is 85.2 Å². The van der Waals surface area contributed by atoms with Crippen molar-refractivity contribution < 1.29 is 14.3 Å². The Morgan fingerprint density at radius 1 is 1.07 bits per heavy atom. The zero-order valence-electron chi connectivity index (χ0n) is 15.4. The molecule has 0 aliphatic heterocycles. The van der Waals surface area contributed by atoms with Gasteiger partial charge in [-0.25, -0.2) is 4.68 Å². The van der Waals surface area contributed by atoms with Crippen molar-refractivity contribution in [2.24, 2.45) is 0 Å². The van der Waals surface area contributed by atoms with Crippen LogP contribution in [0.25, 0.3) is 5.69 Å². The highest BCUT2D eigenvalue weighted by molar-refractivity contribution is 6.05. The standard InChI is InChI=1S/C21H20N4O3/c1-28-18-13-25(17-8-3-2-4-9-17)24-19(18)21(27)23-16-7-5-6-14(12-16)20(26)22-15-10-11-15/h2-9,12-13,15H,10-11H2,1H3,(H,22,26)(H,23,27). The molecule has 1 aliphatic carbocycles. The first-order chi connectivity index (χ1) is 13.6. The van der Waals surface area contributed by atoms with Gasteiger partial charge >= 0.3 is 0 Å². The van der Waals surface area contributed by atoms with Gasteiger partial charge in [-0.2, -0.15) is 5.10 Å². The summed E-state index contributed by atoms with van der Waals surface area (Å²) in [5, 5.41) is 10.1. The van der Waals surface area contributed by atoms with Crippen molar-refractivity contribution >= 4 is 17.5 Å². The van der Waals surface area contributed by atoms with Gasteiger partial charge in [-0.15, -0.1) is 0 Å². The van der Waals surface area contributed by atoms with Gasteiger partial charge in [0.15, 0.2) is 11.4 Å². The number of anilines is 1. The summed E-state index contributed by atoms with van der Waals surface area (Å²) in [6.07, 6.45) is 3.70. The number of hydrogen-bond donors (Lipinski definition) is 2. The molecule has 0 saturated heterocycles. The molecule has 2 aromatic carbocycles. The zero-order valence-corrected chi connectivity index (χ0v) is 15.4. The van der Waals surface area contributed by atoms with Crippen molar-refractivity contribution in [3.8, 4) is 11.4 Å². The molecule has 2 N–H and O–H groups in total. The van der Waals surface area contributed by atoms with Crippen LogP contribution in [0.1, 0.15) is 33.7 Å². The van der Waals surface area contributed by atoms with Crippen LogP contribution in [0.2, 0.25) is 0 Å². The van der Waals surface area contributed by atoms with Crippen LogP contribution in [-0.2, 0) is 0 Å². The molecule has 1 aromatic heterocycles. The number of nitrogens with zero attached hydrogens (tertiary/aromatic N) is 2. The van der Waals surface area contributed by atoms with Gasteiger partial charge in [-0.1, -0.05) is 24.3 Å². The highest BCUT2D eigenvalue weighted by Crippen LogP contribution is 2.22. The van der Waals surface area contributed by atoms with E-state index in [9.17, 15) is 9.59 Å². The fourth-order valence-corrected chi connectivity index (χ4v) is 2.80. The van der Waals surface area contributed by atoms with Gasteiger partial charge in [0.25, 0.3) is 11.8 Å². The lowest BCUT2D eigenvalue weighted by molar-refractivity contribution is 0.0949. The predicted molar refractivity (Wildman–Crippen MR) is 105 cm³/mol. The fraction of sp³-hybridized carbons (Fsp3) is 0.190. The second-order valence-corrected chi connectivity index (χ2v) is 6.61. The summed E-state index contributed by atoms with van der Waals surface area (Å²) in [6, 6.07) is 16.6. The van der Waals surface area contributed by atoms with Crippen LogP contribution < -0.4 is 15.4 Å². The first kappa shape index (κ1) is 17.8. The van der Waals surface area contributed by atoms with Gasteiger partial charge in [0.2, 0.25) is 0 Å². The van der Waals surface area contributed by atoms with Gasteiger partial charge in [0, 0.05) is 17.3 Å². The third-order valence-corrected chi connectivity index (χ3v) is 4.43. The van der Waals surface area contributed by atoms with Gasteiger partial charge in [-0.3, -0.25) is 9.59 Å². The molecule has 1 heterocycles. The van der Waals surface area contributed by atoms with E-state index in [4.69, 9.17) is 4.74 Å². The minimum Gasteiger partial charge on any atom is -0.493 e. The van der Waals surface area contributed by atoms with Crippen molar-refractivity contribution in [3.63, 3.8) is 0 Å². The Labute approximate surface area is 162 Å². The maximum Gasteiger partial charge on any atom is 0.280 e. The quantitative estimate of drug-likeness (QED) is 0.692. The maximum absolute atomic E-state index is 12.7. The summed E-state index contributed by atoms with van der Waals surface area (Å²) in [7, 11) is 1.49. The molecule has 7 nitrogen and oxygen atoms in total. The molecule has 1 aliphatic rings. The molecule has 7 heteroatoms. The molecule has 0 atom stereocenters. The monoisotopic (exact) mass is 376 g/mol. The Morgan fingerprint density at radius 2 is 1.86 bits per heavy atom. The summed E-state index contributed by atoms with van der Waals surface area (Å²) in [5.74, 6) is -0.181. The van der Waals surface area contributed by atoms with Crippen LogP contribution in [0.4, 0.5) is 5.69 Å². The van der Waals surface area contributed by atoms with Crippen LogP contribution in [0.15, 0.2) is 60.8 Å². The van der Waals surface area contributed by atoms with Crippen molar-refractivity contribution in [3.05, 3.63) is 72.1 Å². The van der Waals surface area contributed by atoms with E-state index >= 15 is 0 Å². The number of hydrogen-bond acceptors (Lipinski definition) is 4. The lowest BCUT2D eigenvalue weighted by Crippen LogP contribution is -2.25. The molecule has 0 spiro atoms. The second-order valence-electron chi connectivity index (χ2n) is 6.61. The maximum atomic E-state index is 12.7. The van der Waals surface area contributed by atoms with Crippen LogP contribution >= 0.6 is 0 Å². The van der Waals surface area contributed by atoms with E-state index in [0.29, 0.717) is 17.0 Å². The van der Waals surface area contributed by atoms with E-state index < -0.39 is 5.91 Å². The third kappa shape index (κ3) is 3.88. The number of para-hydroxylation sites is 1. The molecule has 1 fully saturated rings. The molecule has 3 aromatic rings. The van der Waals surface area contributed by atoms with E-state index in [0.717, 1.165) is 18.5 Å². The number of carbonyl (C=O) groups excluding carboxylic acids is 2. The largest absolute Gasteiger partial charge is 0.493 e. The zero-order chi connectivity index (χ0) is 19.5. The second kappa shape index (κ2) is 7.56. The van der Waals surface area contributed by atoms with Crippen LogP contribution in [-0.4, -0.2) is 34.7 Å². The van der Waals surface area contributed by atoms with E-state index in [1.54, 1.807) is 35.1 Å². The minimum atomic E-state index is -0.411. The Bertz CT molecular complexity index is 1010. The van der Waals surface area contributed by atoms with Gasteiger partial charge in [-0.05, 0) is 43.2 Å². The molecule has 142 valence electrons. The summed E-state index contributed by atoms with van der Waals surface area (Å²) in [5.41, 5.74) is 2.01. The third-order valence-electron chi connectivity index (χ3n) is 4.43. The Morgan fingerprint density at radius 3 is 2.57 bits per heavy atom. The Balaban J connectivity index is 1.53. The van der Waals surface area contributed by atoms with Crippen molar-refractivity contribution in [1.29, 1.82) is 0 Å². The molecule has 0 unspecified atom stereocenters. The molecule has 4 rings (SSSR count). The van der Waals surface area contributed by atoms with Gasteiger partial charge in [0.05, 0.1) is 19.0 Å². The number of carbonyl (C=O) groups is 2. The highest BCUT2D eigenvalue weighted by Gasteiger charge is 2.24. The first-order valence-corrected chi connectivity index (χ1v) is 9.05. The molecule has 28 heavy (non-hydrogen) atoms. The van der Waals surface area contributed by atoms with Gasteiger partial charge in [0.1, 0.15) is 0 Å². The first-order valence-electron chi connectivity index (χ1n) is 9.05. The summed E-state index contributed by atoms with van der Waals surface area (Å²) >= 11 is 0. The Kier molecular flexibility index (Phi) is 4.80. The number of ether oxygens (including phenoxy) is 1. The molecule has 0 radical (unpaired) electrons. The van der Waals surface area contributed by atoms with Crippen LogP contribution in [0.5, 0.6) is 5.75 Å². The van der Waals surface area contributed by atoms with Crippen molar-refractivity contribution in [2.75, 3.05) is 12.4 Å². The predicted octanol–water partition coefficient (Wildman–Crippen LogP) is 3.03. The summed E-state index contributed by atoms with van der Waals surface area (Å²) in [6.45, 7) is 0. The van der Waals surface area contributed by atoms with E-state index in [1.165, 1.54) is 7.11 Å². The average Bonchev–Trinajstić information content (AvgIpc) is 3.42. The molecule has 2 amide bonds. The van der Waals surface area contributed by atoms with Crippen molar-refractivity contribution in [1.82, 2.24) is 15.1 Å². The van der Waals surface area contributed by atoms with Gasteiger partial charge < -0.3 is 15.4 Å². The summed E-state index contributed by atoms with van der Waals surface area (Å²) in [4.78, 5) is 24.9. The van der Waals surface area contributed by atoms with Crippen LogP contribution in [0.3, 0.4) is 0 Å². The van der Waals surface area contributed by atoms with E-state index in [2.05, 4.69) is 15.7 Å². The fourth-order valence-electron chi connectivity index (χ4n) is 2.80. The highest BCUT2D eigenvalue weighted by atomic mass is 16.5. The van der Waals surface area contributed by atoms with E-state index in [-0.39, 0.29) is 17.6 Å². The SMILES string of the molecule is COc1cn(-c2ccccc2)nc1C(=O)Nc1cccc(C(=O)NC2CC2)c1. The van der Waals surface area contributed by atoms with Crippen molar-refractivity contribution in [2.45, 2.75) is 18.9 Å². The number of amides is 2. The normalized spacial score (nSPS) is 13.0. The molecular weight excluding hydrogens is 356 g/mol. The van der Waals surface area contributed by atoms with Crippen LogP contribution in [0, 0.1) is 0 Å². The molecule has 0 bridgehead atoms. The molecular formula is C21H20N4O3. The lowest BCUT2D eigenvalue weighted by atomic mass is 10.2. The Hall–Kier alpha value is -3.61. The number of nitrogens with one attached hydrogen (secondary N) is 2. The smallest absolute Gasteiger partial charge is 0.280 e. The summed E-state index contributed by atoms with van der Waals surface area (Å²) < 4.78 is 6.90. The lowest BCUT2D eigenvalue weighted by Gasteiger charge is -2.07. The average molecular weight is 376 g/mol.